The summed E-state index contributed by atoms with van der Waals surface area (Å²) >= 11 is 5.31. The van der Waals surface area contributed by atoms with Gasteiger partial charge in [0.1, 0.15) is 5.69 Å². The Kier molecular flexibility index (Phi) is 3.65. The van der Waals surface area contributed by atoms with Crippen molar-refractivity contribution in [2.24, 2.45) is 0 Å². The molecule has 0 aromatic heterocycles. The molecule has 1 aromatic rings. The molecule has 10 heteroatoms. The number of hydrazine groups is 1. The standard InChI is InChI=1S/C8H4ClF3N2O4/c9-6-3-4(13(7(15)16)14(17)18)1-2-5(6)8(10,11)12/h1-3H,(H,15,16). The summed E-state index contributed by atoms with van der Waals surface area (Å²) < 4.78 is 37.1. The lowest BCUT2D eigenvalue weighted by Gasteiger charge is -2.12. The molecule has 0 unspecified atom stereocenters. The highest BCUT2D eigenvalue weighted by Gasteiger charge is 2.35. The Balaban J connectivity index is 3.26. The molecule has 0 spiro atoms. The van der Waals surface area contributed by atoms with Gasteiger partial charge in [0.05, 0.1) is 10.6 Å². The lowest BCUT2D eigenvalue weighted by molar-refractivity contribution is -0.483. The lowest BCUT2D eigenvalue weighted by atomic mass is 10.2. The van der Waals surface area contributed by atoms with Gasteiger partial charge in [0.25, 0.3) is 0 Å². The fourth-order valence-corrected chi connectivity index (χ4v) is 1.42. The largest absolute Gasteiger partial charge is 0.470 e. The first-order chi connectivity index (χ1) is 8.14. The van der Waals surface area contributed by atoms with E-state index in [0.29, 0.717) is 18.2 Å². The summed E-state index contributed by atoms with van der Waals surface area (Å²) in [5.74, 6) is 0. The first kappa shape index (κ1) is 14.0. The summed E-state index contributed by atoms with van der Waals surface area (Å²) in [4.78, 5) is 21.0. The number of anilines is 1. The molecule has 98 valence electrons. The average molecular weight is 285 g/mol. The van der Waals surface area contributed by atoms with Crippen LogP contribution in [0, 0.1) is 10.1 Å². The molecular formula is C8H4ClF3N2O4. The molecular weight excluding hydrogens is 281 g/mol. The first-order valence-electron chi connectivity index (χ1n) is 4.18. The van der Waals surface area contributed by atoms with Gasteiger partial charge in [-0.1, -0.05) is 11.6 Å². The molecule has 1 aromatic carbocycles. The van der Waals surface area contributed by atoms with Gasteiger partial charge in [-0.15, -0.1) is 0 Å². The van der Waals surface area contributed by atoms with Crippen molar-refractivity contribution >= 4 is 23.4 Å². The first-order valence-corrected chi connectivity index (χ1v) is 4.56. The number of amides is 1. The molecule has 18 heavy (non-hydrogen) atoms. The third kappa shape index (κ3) is 2.80. The van der Waals surface area contributed by atoms with Crippen molar-refractivity contribution < 1.29 is 28.1 Å². The van der Waals surface area contributed by atoms with Gasteiger partial charge in [0.2, 0.25) is 0 Å². The predicted octanol–water partition coefficient (Wildman–Crippen LogP) is 3.03. The summed E-state index contributed by atoms with van der Waals surface area (Å²) in [6.07, 6.45) is -6.67. The van der Waals surface area contributed by atoms with Gasteiger partial charge in [-0.2, -0.15) is 13.2 Å². The van der Waals surface area contributed by atoms with Crippen LogP contribution in [0.15, 0.2) is 18.2 Å². The van der Waals surface area contributed by atoms with E-state index < -0.39 is 33.6 Å². The van der Waals surface area contributed by atoms with Crippen LogP contribution in [0.4, 0.5) is 23.7 Å². The summed E-state index contributed by atoms with van der Waals surface area (Å²) in [5, 5.41) is 16.5. The zero-order valence-corrected chi connectivity index (χ0v) is 9.07. The van der Waals surface area contributed by atoms with Gasteiger partial charge in [0, 0.05) is 5.01 Å². The van der Waals surface area contributed by atoms with Crippen LogP contribution in [0.1, 0.15) is 5.56 Å². The van der Waals surface area contributed by atoms with Crippen molar-refractivity contribution in [3.63, 3.8) is 0 Å². The van der Waals surface area contributed by atoms with E-state index in [1.807, 2.05) is 0 Å². The fraction of sp³-hybridized carbons (Fsp3) is 0.125. The van der Waals surface area contributed by atoms with Crippen LogP contribution >= 0.6 is 11.6 Å². The van der Waals surface area contributed by atoms with Crippen molar-refractivity contribution in [1.82, 2.24) is 0 Å². The molecule has 0 bridgehead atoms. The van der Waals surface area contributed by atoms with Crippen LogP contribution in [-0.4, -0.2) is 16.2 Å². The minimum Gasteiger partial charge on any atom is -0.461 e. The Hall–Kier alpha value is -2.03. The molecule has 0 heterocycles. The van der Waals surface area contributed by atoms with Crippen LogP contribution in [0.25, 0.3) is 0 Å². The topological polar surface area (TPSA) is 83.7 Å². The van der Waals surface area contributed by atoms with Gasteiger partial charge in [-0.3, -0.25) is 0 Å². The summed E-state index contributed by atoms with van der Waals surface area (Å²) in [6, 6.07) is 1.67. The van der Waals surface area contributed by atoms with Gasteiger partial charge < -0.3 is 5.11 Å². The van der Waals surface area contributed by atoms with Crippen LogP contribution in [-0.2, 0) is 6.18 Å². The zero-order chi connectivity index (χ0) is 14.1. The Labute approximate surface area is 102 Å². The molecule has 0 saturated carbocycles. The van der Waals surface area contributed by atoms with E-state index in [4.69, 9.17) is 16.7 Å². The zero-order valence-electron chi connectivity index (χ0n) is 8.31. The van der Waals surface area contributed by atoms with Crippen molar-refractivity contribution in [3.05, 3.63) is 38.9 Å². The van der Waals surface area contributed by atoms with E-state index in [0.717, 1.165) is 0 Å². The SMILES string of the molecule is O=C(O)N(c1ccc(C(F)(F)F)c(Cl)c1)[N+](=O)[O-]. The van der Waals surface area contributed by atoms with Crippen LogP contribution in [0.2, 0.25) is 5.02 Å². The van der Waals surface area contributed by atoms with Gasteiger partial charge >= 0.3 is 12.3 Å². The molecule has 6 nitrogen and oxygen atoms in total. The van der Waals surface area contributed by atoms with Crippen molar-refractivity contribution in [2.45, 2.75) is 6.18 Å². The molecule has 1 rings (SSSR count). The number of nitrogens with zero attached hydrogens (tertiary/aromatic N) is 2. The van der Waals surface area contributed by atoms with Crippen molar-refractivity contribution in [3.8, 4) is 0 Å². The highest BCUT2D eigenvalue weighted by Crippen LogP contribution is 2.36. The van der Waals surface area contributed by atoms with E-state index in [9.17, 15) is 28.1 Å². The van der Waals surface area contributed by atoms with Crippen molar-refractivity contribution in [2.75, 3.05) is 5.01 Å². The van der Waals surface area contributed by atoms with E-state index in [2.05, 4.69) is 0 Å². The third-order valence-corrected chi connectivity index (χ3v) is 2.16. The normalized spacial score (nSPS) is 11.1. The number of alkyl halides is 3. The highest BCUT2D eigenvalue weighted by atomic mass is 35.5. The number of carboxylic acid groups (broad SMARTS) is 1. The number of rotatable bonds is 2. The van der Waals surface area contributed by atoms with Crippen LogP contribution in [0.3, 0.4) is 0 Å². The molecule has 1 N–H and O–H groups in total. The molecule has 1 amide bonds. The maximum absolute atomic E-state index is 12.4. The van der Waals surface area contributed by atoms with Crippen molar-refractivity contribution in [1.29, 1.82) is 0 Å². The minimum atomic E-state index is -4.72. The molecule has 0 aliphatic heterocycles. The predicted molar refractivity (Wildman–Crippen MR) is 54.0 cm³/mol. The average Bonchev–Trinajstić information content (AvgIpc) is 2.13. The summed E-state index contributed by atoms with van der Waals surface area (Å²) in [6.45, 7) is 0. The monoisotopic (exact) mass is 284 g/mol. The molecule has 0 saturated heterocycles. The maximum Gasteiger partial charge on any atom is 0.470 e. The highest BCUT2D eigenvalue weighted by molar-refractivity contribution is 6.31. The number of benzene rings is 1. The van der Waals surface area contributed by atoms with E-state index in [1.165, 1.54) is 0 Å². The molecule has 0 radical (unpaired) electrons. The molecule has 0 aliphatic rings. The van der Waals surface area contributed by atoms with E-state index in [-0.39, 0.29) is 5.01 Å². The van der Waals surface area contributed by atoms with E-state index in [1.54, 1.807) is 0 Å². The number of hydrogen-bond acceptors (Lipinski definition) is 3. The third-order valence-electron chi connectivity index (χ3n) is 1.85. The molecule has 0 fully saturated rings. The summed E-state index contributed by atoms with van der Waals surface area (Å²) in [7, 11) is 0. The van der Waals surface area contributed by atoms with Gasteiger partial charge in [-0.05, 0) is 18.2 Å². The second-order valence-corrected chi connectivity index (χ2v) is 3.40. The summed E-state index contributed by atoms with van der Waals surface area (Å²) in [5.41, 5.74) is -1.80. The fourth-order valence-electron chi connectivity index (χ4n) is 1.14. The number of halogens is 4. The molecule has 0 atom stereocenters. The Bertz CT molecular complexity index is 492. The Morgan fingerprint density at radius 3 is 2.33 bits per heavy atom. The quantitative estimate of drug-likeness (QED) is 0.668. The second-order valence-electron chi connectivity index (χ2n) is 2.99. The number of carbonyl (C=O) groups is 1. The van der Waals surface area contributed by atoms with Crippen LogP contribution < -0.4 is 5.01 Å². The number of hydrogen-bond donors (Lipinski definition) is 1. The van der Waals surface area contributed by atoms with Gasteiger partial charge in [-0.25, -0.2) is 14.9 Å². The van der Waals surface area contributed by atoms with Gasteiger partial charge in [0.15, 0.2) is 5.03 Å². The number of nitro groups is 1. The lowest BCUT2D eigenvalue weighted by Crippen LogP contribution is -2.34. The Morgan fingerprint density at radius 1 is 1.44 bits per heavy atom. The van der Waals surface area contributed by atoms with Crippen LogP contribution in [0.5, 0.6) is 0 Å². The smallest absolute Gasteiger partial charge is 0.461 e. The molecule has 0 aliphatic carbocycles. The maximum atomic E-state index is 12.4. The second kappa shape index (κ2) is 4.69. The Morgan fingerprint density at radius 2 is 2.00 bits per heavy atom. The minimum absolute atomic E-state index is 0.341. The van der Waals surface area contributed by atoms with E-state index >= 15 is 0 Å².